The Morgan fingerprint density at radius 2 is 1.90 bits per heavy atom. The number of benzene rings is 1. The normalized spacial score (nSPS) is 22.9. The van der Waals surface area contributed by atoms with E-state index in [1.54, 1.807) is 37.6 Å². The van der Waals surface area contributed by atoms with E-state index in [-0.39, 0.29) is 22.8 Å². The van der Waals surface area contributed by atoms with Crippen LogP contribution in [0, 0.1) is 18.3 Å². The lowest BCUT2D eigenvalue weighted by Crippen LogP contribution is -2.41. The van der Waals surface area contributed by atoms with Crippen LogP contribution in [0.5, 0.6) is 0 Å². The van der Waals surface area contributed by atoms with Crippen molar-refractivity contribution in [2.24, 2.45) is 11.3 Å². The number of rotatable bonds is 5. The molecule has 21 heavy (non-hydrogen) atoms. The summed E-state index contributed by atoms with van der Waals surface area (Å²) in [5, 5.41) is 0. The summed E-state index contributed by atoms with van der Waals surface area (Å²) in [5.41, 5.74) is 2.12. The third-order valence-corrected chi connectivity index (χ3v) is 5.60. The van der Waals surface area contributed by atoms with E-state index < -0.39 is 10.1 Å². The van der Waals surface area contributed by atoms with Crippen LogP contribution in [-0.4, -0.2) is 22.1 Å². The molecule has 0 amide bonds. The maximum atomic E-state index is 12.1. The predicted octanol–water partition coefficient (Wildman–Crippen LogP) is 3.28. The molecule has 0 saturated heterocycles. The summed E-state index contributed by atoms with van der Waals surface area (Å²) >= 11 is 0. The lowest BCUT2D eigenvalue weighted by Gasteiger charge is -2.46. The summed E-state index contributed by atoms with van der Waals surface area (Å²) in [6, 6.07) is 6.69. The Bertz CT molecular complexity index is 627. The fourth-order valence-corrected chi connectivity index (χ4v) is 3.42. The number of hydrogen-bond donors (Lipinski definition) is 0. The number of methoxy groups -OCH3 is 1. The first-order chi connectivity index (χ1) is 9.77. The van der Waals surface area contributed by atoms with Gasteiger partial charge < -0.3 is 4.74 Å². The molecule has 1 aromatic carbocycles. The van der Waals surface area contributed by atoms with Crippen molar-refractivity contribution < 1.29 is 17.3 Å². The van der Waals surface area contributed by atoms with Crippen LogP contribution < -0.4 is 0 Å². The molecule has 1 aliphatic rings. The van der Waals surface area contributed by atoms with Crippen molar-refractivity contribution in [2.45, 2.75) is 32.1 Å². The van der Waals surface area contributed by atoms with Crippen molar-refractivity contribution in [3.05, 3.63) is 41.7 Å². The Balaban J connectivity index is 2.01. The molecule has 0 aliphatic heterocycles. The van der Waals surface area contributed by atoms with Gasteiger partial charge in [-0.3, -0.25) is 4.18 Å². The largest absolute Gasteiger partial charge is 0.504 e. The van der Waals surface area contributed by atoms with Crippen LogP contribution in [0.3, 0.4) is 0 Å². The molecule has 1 aromatic rings. The fraction of sp³-hybridized carbons (Fsp3) is 0.500. The van der Waals surface area contributed by atoms with Crippen molar-refractivity contribution in [1.29, 1.82) is 0 Å². The minimum Gasteiger partial charge on any atom is -0.504 e. The Morgan fingerprint density at radius 3 is 2.43 bits per heavy atom. The van der Waals surface area contributed by atoms with Gasteiger partial charge in [0.1, 0.15) is 0 Å². The topological polar surface area (TPSA) is 52.6 Å². The summed E-state index contributed by atoms with van der Waals surface area (Å²) in [6.45, 7) is 6.27. The fourth-order valence-electron chi connectivity index (χ4n) is 2.47. The minimum atomic E-state index is -3.68. The molecule has 0 aromatic heterocycles. The summed E-state index contributed by atoms with van der Waals surface area (Å²) < 4.78 is 34.5. The molecule has 1 saturated carbocycles. The molecular weight excluding hydrogens is 288 g/mol. The van der Waals surface area contributed by atoms with Gasteiger partial charge in [0.25, 0.3) is 10.1 Å². The lowest BCUT2D eigenvalue weighted by molar-refractivity contribution is 0.0935. The average molecular weight is 310 g/mol. The van der Waals surface area contributed by atoms with E-state index >= 15 is 0 Å². The molecule has 1 fully saturated rings. The van der Waals surface area contributed by atoms with Gasteiger partial charge in [-0.2, -0.15) is 8.42 Å². The first-order valence-corrected chi connectivity index (χ1v) is 8.36. The average Bonchev–Trinajstić information content (AvgIpc) is 2.42. The highest BCUT2D eigenvalue weighted by atomic mass is 32.2. The van der Waals surface area contributed by atoms with Crippen LogP contribution >= 0.6 is 0 Å². The summed E-state index contributed by atoms with van der Waals surface area (Å²) in [4.78, 5) is 0.206. The Labute approximate surface area is 126 Å². The third-order valence-electron chi connectivity index (χ3n) is 4.31. The second-order valence-electron chi connectivity index (χ2n) is 6.05. The smallest absolute Gasteiger partial charge is 0.296 e. The summed E-state index contributed by atoms with van der Waals surface area (Å²) in [7, 11) is -2.06. The van der Waals surface area contributed by atoms with Crippen LogP contribution in [0.25, 0.3) is 0 Å². The molecule has 0 radical (unpaired) electrons. The molecule has 4 nitrogen and oxygen atoms in total. The molecular formula is C16H22O4S. The van der Waals surface area contributed by atoms with Crippen LogP contribution in [0.2, 0.25) is 0 Å². The summed E-state index contributed by atoms with van der Waals surface area (Å²) in [6.07, 6.45) is 2.55. The van der Waals surface area contributed by atoms with E-state index in [4.69, 9.17) is 8.92 Å². The molecule has 2 rings (SSSR count). The molecule has 0 N–H and O–H groups in total. The standard InChI is InChI=1S/C16H22O4S/c1-12-5-7-15(8-6-12)21(17,18)20-11-14-9-13(10-19-4)16(14,2)3/h5-8,10,14H,9,11H2,1-4H3. The first-order valence-electron chi connectivity index (χ1n) is 6.96. The van der Waals surface area contributed by atoms with Crippen molar-refractivity contribution in [1.82, 2.24) is 0 Å². The molecule has 1 aliphatic carbocycles. The van der Waals surface area contributed by atoms with Crippen LogP contribution in [-0.2, 0) is 19.0 Å². The molecule has 0 bridgehead atoms. The van der Waals surface area contributed by atoms with Crippen molar-refractivity contribution in [3.8, 4) is 0 Å². The zero-order chi connectivity index (χ0) is 15.7. The molecule has 116 valence electrons. The minimum absolute atomic E-state index is 0.0845. The highest BCUT2D eigenvalue weighted by molar-refractivity contribution is 7.86. The first kappa shape index (κ1) is 16.0. The predicted molar refractivity (Wildman–Crippen MR) is 81.3 cm³/mol. The van der Waals surface area contributed by atoms with Gasteiger partial charge in [-0.05, 0) is 42.4 Å². The zero-order valence-electron chi connectivity index (χ0n) is 12.9. The quantitative estimate of drug-likeness (QED) is 0.618. The van der Waals surface area contributed by atoms with E-state index in [2.05, 4.69) is 13.8 Å². The maximum absolute atomic E-state index is 12.1. The van der Waals surface area contributed by atoms with Gasteiger partial charge in [0.05, 0.1) is 24.9 Å². The Morgan fingerprint density at radius 1 is 1.29 bits per heavy atom. The van der Waals surface area contributed by atoms with Gasteiger partial charge in [-0.25, -0.2) is 0 Å². The van der Waals surface area contributed by atoms with Gasteiger partial charge in [-0.15, -0.1) is 0 Å². The van der Waals surface area contributed by atoms with Crippen molar-refractivity contribution >= 4 is 10.1 Å². The number of aryl methyl sites for hydroxylation is 1. The highest BCUT2D eigenvalue weighted by Gasteiger charge is 2.44. The number of allylic oxidation sites excluding steroid dienone is 1. The second-order valence-corrected chi connectivity index (χ2v) is 7.67. The van der Waals surface area contributed by atoms with Gasteiger partial charge >= 0.3 is 0 Å². The van der Waals surface area contributed by atoms with Crippen LogP contribution in [0.15, 0.2) is 41.0 Å². The van der Waals surface area contributed by atoms with Crippen molar-refractivity contribution in [2.75, 3.05) is 13.7 Å². The van der Waals surface area contributed by atoms with E-state index in [1.807, 2.05) is 6.92 Å². The SMILES string of the molecule is COC=C1CC(COS(=O)(=O)c2ccc(C)cc2)C1(C)C. The van der Waals surface area contributed by atoms with E-state index in [1.165, 1.54) is 5.57 Å². The van der Waals surface area contributed by atoms with Crippen LogP contribution in [0.4, 0.5) is 0 Å². The maximum Gasteiger partial charge on any atom is 0.296 e. The van der Waals surface area contributed by atoms with E-state index in [0.29, 0.717) is 0 Å². The van der Waals surface area contributed by atoms with E-state index in [9.17, 15) is 8.42 Å². The lowest BCUT2D eigenvalue weighted by atomic mass is 9.59. The van der Waals surface area contributed by atoms with E-state index in [0.717, 1.165) is 12.0 Å². The van der Waals surface area contributed by atoms with Gasteiger partial charge in [0.2, 0.25) is 0 Å². The van der Waals surface area contributed by atoms with Gasteiger partial charge in [-0.1, -0.05) is 31.5 Å². The molecule has 1 atom stereocenters. The zero-order valence-corrected chi connectivity index (χ0v) is 13.7. The molecule has 0 heterocycles. The third kappa shape index (κ3) is 3.30. The van der Waals surface area contributed by atoms with Gasteiger partial charge in [0.15, 0.2) is 0 Å². The number of hydrogen-bond acceptors (Lipinski definition) is 4. The highest BCUT2D eigenvalue weighted by Crippen LogP contribution is 2.51. The monoisotopic (exact) mass is 310 g/mol. The van der Waals surface area contributed by atoms with Crippen molar-refractivity contribution in [3.63, 3.8) is 0 Å². The Kier molecular flexibility index (Phi) is 4.44. The molecule has 0 spiro atoms. The molecule has 5 heteroatoms. The Hall–Kier alpha value is -1.33. The molecule has 1 unspecified atom stereocenters. The summed E-state index contributed by atoms with van der Waals surface area (Å²) in [5.74, 6) is 0.180. The number of ether oxygens (including phenoxy) is 1. The van der Waals surface area contributed by atoms with Gasteiger partial charge in [0, 0.05) is 0 Å². The second kappa shape index (κ2) is 5.81. The van der Waals surface area contributed by atoms with Crippen LogP contribution in [0.1, 0.15) is 25.8 Å².